The van der Waals surface area contributed by atoms with Crippen molar-refractivity contribution in [3.05, 3.63) is 81.8 Å². The molecule has 1 atom stereocenters. The lowest BCUT2D eigenvalue weighted by Gasteiger charge is -2.30. The van der Waals surface area contributed by atoms with E-state index in [1.165, 1.54) is 0 Å². The summed E-state index contributed by atoms with van der Waals surface area (Å²) in [6, 6.07) is 12.0. The lowest BCUT2D eigenvalue weighted by molar-refractivity contribution is -0.0242. The van der Waals surface area contributed by atoms with Gasteiger partial charge in [-0.2, -0.15) is 0 Å². The van der Waals surface area contributed by atoms with Crippen LogP contribution in [0.1, 0.15) is 5.56 Å². The minimum Gasteiger partial charge on any atom is -0.489 e. The molecule has 7 heteroatoms. The number of ether oxygens (including phenoxy) is 1. The molecule has 4 nitrogen and oxygen atoms in total. The second-order valence-electron chi connectivity index (χ2n) is 5.61. The molecule has 0 aliphatic rings. The third kappa shape index (κ3) is 4.28. The normalized spacial score (nSPS) is 13.4. The number of imidazole rings is 1. The van der Waals surface area contributed by atoms with Crippen molar-refractivity contribution in [1.29, 1.82) is 0 Å². The first-order chi connectivity index (χ1) is 12.0. The van der Waals surface area contributed by atoms with Gasteiger partial charge in [0.1, 0.15) is 18.0 Å². The summed E-state index contributed by atoms with van der Waals surface area (Å²) in [6.07, 6.45) is 5.01. The lowest BCUT2D eigenvalue weighted by atomic mass is 9.94. The average Bonchev–Trinajstić information content (AvgIpc) is 3.06. The molecule has 3 rings (SSSR count). The summed E-state index contributed by atoms with van der Waals surface area (Å²) < 4.78 is 7.53. The molecule has 1 aromatic heterocycles. The monoisotopic (exact) mass is 396 g/mol. The first-order valence-corrected chi connectivity index (χ1v) is 8.62. The van der Waals surface area contributed by atoms with E-state index in [1.54, 1.807) is 53.6 Å². The molecule has 0 fully saturated rings. The van der Waals surface area contributed by atoms with Crippen LogP contribution in [-0.4, -0.2) is 21.3 Å². The fraction of sp³-hybridized carbons (Fsp3) is 0.167. The van der Waals surface area contributed by atoms with Gasteiger partial charge in [-0.1, -0.05) is 53.0 Å². The maximum absolute atomic E-state index is 11.3. The molecule has 0 aliphatic heterocycles. The number of benzene rings is 2. The van der Waals surface area contributed by atoms with Gasteiger partial charge >= 0.3 is 0 Å². The van der Waals surface area contributed by atoms with E-state index >= 15 is 0 Å². The van der Waals surface area contributed by atoms with E-state index in [0.717, 1.165) is 0 Å². The number of halogens is 3. The van der Waals surface area contributed by atoms with Crippen molar-refractivity contribution in [1.82, 2.24) is 9.55 Å². The fourth-order valence-corrected chi connectivity index (χ4v) is 3.29. The Morgan fingerprint density at radius 3 is 2.56 bits per heavy atom. The second-order valence-corrected chi connectivity index (χ2v) is 6.86. The van der Waals surface area contributed by atoms with Crippen molar-refractivity contribution in [2.45, 2.75) is 12.1 Å². The summed E-state index contributed by atoms with van der Waals surface area (Å²) in [5.74, 6) is 0.485. The first-order valence-electron chi connectivity index (χ1n) is 7.49. The molecule has 1 heterocycles. The summed E-state index contributed by atoms with van der Waals surface area (Å²) in [6.45, 7) is 0.162. The zero-order valence-electron chi connectivity index (χ0n) is 13.1. The van der Waals surface area contributed by atoms with E-state index in [4.69, 9.17) is 39.5 Å². The topological polar surface area (TPSA) is 47.3 Å². The van der Waals surface area contributed by atoms with Gasteiger partial charge in [0.15, 0.2) is 0 Å². The lowest BCUT2D eigenvalue weighted by Crippen LogP contribution is -2.38. The van der Waals surface area contributed by atoms with Crippen molar-refractivity contribution in [2.24, 2.45) is 0 Å². The molecule has 0 amide bonds. The standard InChI is InChI=1S/C18H15Cl3N2O2/c19-13-5-6-14(16(21)9-13)18(24,10-23-8-7-22-12-23)11-25-17-4-2-1-3-15(17)20/h1-9,12,24H,10-11H2. The maximum atomic E-state index is 11.3. The number of rotatable bonds is 6. The Hall–Kier alpha value is -1.72. The third-order valence-electron chi connectivity index (χ3n) is 3.74. The van der Waals surface area contributed by atoms with Crippen molar-refractivity contribution in [3.8, 4) is 5.75 Å². The van der Waals surface area contributed by atoms with Gasteiger partial charge in [-0.25, -0.2) is 4.98 Å². The molecule has 25 heavy (non-hydrogen) atoms. The highest BCUT2D eigenvalue weighted by Crippen LogP contribution is 2.33. The van der Waals surface area contributed by atoms with Crippen LogP contribution in [0, 0.1) is 0 Å². The number of nitrogens with zero attached hydrogens (tertiary/aromatic N) is 2. The summed E-state index contributed by atoms with van der Waals surface area (Å²) in [5, 5.41) is 12.7. The van der Waals surface area contributed by atoms with Crippen molar-refractivity contribution >= 4 is 34.8 Å². The van der Waals surface area contributed by atoms with E-state index in [0.29, 0.717) is 26.4 Å². The quantitative estimate of drug-likeness (QED) is 0.649. The molecule has 0 bridgehead atoms. The Balaban J connectivity index is 1.92. The minimum atomic E-state index is -1.40. The molecule has 1 unspecified atom stereocenters. The van der Waals surface area contributed by atoms with E-state index in [-0.39, 0.29) is 13.2 Å². The van der Waals surface area contributed by atoms with Crippen molar-refractivity contribution in [2.75, 3.05) is 6.61 Å². The predicted molar refractivity (Wildman–Crippen MR) is 99.5 cm³/mol. The molecule has 0 spiro atoms. The Kier molecular flexibility index (Phi) is 5.54. The maximum Gasteiger partial charge on any atom is 0.143 e. The molecule has 0 saturated heterocycles. The second kappa shape index (κ2) is 7.67. The fourth-order valence-electron chi connectivity index (χ4n) is 2.52. The minimum absolute atomic E-state index is 0.0454. The summed E-state index contributed by atoms with van der Waals surface area (Å²) in [5.41, 5.74) is -0.888. The highest BCUT2D eigenvalue weighted by Gasteiger charge is 2.33. The number of hydrogen-bond acceptors (Lipinski definition) is 3. The number of para-hydroxylation sites is 1. The number of aliphatic hydroxyl groups is 1. The molecular weight excluding hydrogens is 383 g/mol. The molecule has 3 aromatic rings. The van der Waals surface area contributed by atoms with Crippen molar-refractivity contribution in [3.63, 3.8) is 0 Å². The van der Waals surface area contributed by atoms with Gasteiger partial charge in [-0.15, -0.1) is 0 Å². The van der Waals surface area contributed by atoms with Crippen LogP contribution in [0.25, 0.3) is 0 Å². The van der Waals surface area contributed by atoms with Crippen LogP contribution in [0.15, 0.2) is 61.2 Å². The van der Waals surface area contributed by atoms with Crippen LogP contribution < -0.4 is 4.74 Å². The Morgan fingerprint density at radius 2 is 1.88 bits per heavy atom. The molecule has 2 aromatic carbocycles. The van der Waals surface area contributed by atoms with Gasteiger partial charge in [0.2, 0.25) is 0 Å². The van der Waals surface area contributed by atoms with E-state index in [1.807, 2.05) is 12.1 Å². The van der Waals surface area contributed by atoms with Gasteiger partial charge in [0.05, 0.1) is 17.9 Å². The highest BCUT2D eigenvalue weighted by molar-refractivity contribution is 6.35. The van der Waals surface area contributed by atoms with E-state index < -0.39 is 5.60 Å². The Bertz CT molecular complexity index is 855. The summed E-state index contributed by atoms with van der Waals surface area (Å²) >= 11 is 18.4. The van der Waals surface area contributed by atoms with Gasteiger partial charge in [0, 0.05) is 28.0 Å². The highest BCUT2D eigenvalue weighted by atomic mass is 35.5. The SMILES string of the molecule is OC(COc1ccccc1Cl)(Cn1ccnc1)c1ccc(Cl)cc1Cl. The first kappa shape index (κ1) is 18.1. The molecule has 1 N–H and O–H groups in total. The Labute approximate surface area is 160 Å². The van der Waals surface area contributed by atoms with Crippen LogP contribution in [0.2, 0.25) is 15.1 Å². The zero-order valence-corrected chi connectivity index (χ0v) is 15.3. The van der Waals surface area contributed by atoms with Crippen LogP contribution in [-0.2, 0) is 12.1 Å². The number of hydrogen-bond donors (Lipinski definition) is 1. The predicted octanol–water partition coefficient (Wildman–Crippen LogP) is 4.81. The van der Waals surface area contributed by atoms with Crippen LogP contribution in [0.5, 0.6) is 5.75 Å². The number of aromatic nitrogens is 2. The van der Waals surface area contributed by atoms with Crippen LogP contribution in [0.3, 0.4) is 0 Å². The van der Waals surface area contributed by atoms with Gasteiger partial charge in [-0.3, -0.25) is 0 Å². The summed E-state index contributed by atoms with van der Waals surface area (Å²) in [7, 11) is 0. The van der Waals surface area contributed by atoms with E-state index in [2.05, 4.69) is 4.98 Å². The summed E-state index contributed by atoms with van der Waals surface area (Å²) in [4.78, 5) is 4.00. The third-order valence-corrected chi connectivity index (χ3v) is 4.60. The molecule has 0 radical (unpaired) electrons. The molecule has 0 saturated carbocycles. The average molecular weight is 398 g/mol. The van der Waals surface area contributed by atoms with Gasteiger partial charge in [0.25, 0.3) is 0 Å². The molecule has 0 aliphatic carbocycles. The van der Waals surface area contributed by atoms with Crippen LogP contribution >= 0.6 is 34.8 Å². The zero-order chi connectivity index (χ0) is 17.9. The van der Waals surface area contributed by atoms with Gasteiger partial charge in [-0.05, 0) is 24.3 Å². The van der Waals surface area contributed by atoms with Crippen LogP contribution in [0.4, 0.5) is 0 Å². The smallest absolute Gasteiger partial charge is 0.143 e. The Morgan fingerprint density at radius 1 is 1.08 bits per heavy atom. The van der Waals surface area contributed by atoms with Gasteiger partial charge < -0.3 is 14.4 Å². The van der Waals surface area contributed by atoms with Crippen molar-refractivity contribution < 1.29 is 9.84 Å². The molecular formula is C18H15Cl3N2O2. The largest absolute Gasteiger partial charge is 0.489 e. The van der Waals surface area contributed by atoms with E-state index in [9.17, 15) is 5.11 Å². The molecule has 130 valence electrons.